The summed E-state index contributed by atoms with van der Waals surface area (Å²) in [5.41, 5.74) is 0. The number of piperazine rings is 1. The lowest BCUT2D eigenvalue weighted by Gasteiger charge is -2.39. The average Bonchev–Trinajstić information content (AvgIpc) is 3.23. The van der Waals surface area contributed by atoms with Crippen LogP contribution in [0.4, 0.5) is 0 Å². The summed E-state index contributed by atoms with van der Waals surface area (Å²) >= 11 is 1.15. The molecule has 2 fully saturated rings. The van der Waals surface area contributed by atoms with Gasteiger partial charge in [0.15, 0.2) is 0 Å². The molecule has 0 radical (unpaired) electrons. The molecule has 2 aliphatic heterocycles. The Hall–Kier alpha value is -0.0100. The Balaban J connectivity index is 0.00000182. The Bertz CT molecular complexity index is 656. The predicted molar refractivity (Wildman–Crippen MR) is 109 cm³/mol. The normalized spacial score (nSPS) is 29.9. The van der Waals surface area contributed by atoms with E-state index >= 15 is 0 Å². The minimum Gasteiger partial charge on any atom is -0.394 e. The lowest BCUT2D eigenvalue weighted by atomic mass is 10.0. The molecule has 12 heteroatoms. The van der Waals surface area contributed by atoms with Gasteiger partial charge >= 0.3 is 0 Å². The van der Waals surface area contributed by atoms with Gasteiger partial charge in [-0.25, -0.2) is 13.1 Å². The molecule has 8 nitrogen and oxygen atoms in total. The second-order valence-corrected chi connectivity index (χ2v) is 9.44. The highest BCUT2D eigenvalue weighted by Crippen LogP contribution is 2.27. The third-order valence-electron chi connectivity index (χ3n) is 4.84. The van der Waals surface area contributed by atoms with E-state index < -0.39 is 28.3 Å². The molecular formula is C15H27Cl2N3O5S2. The summed E-state index contributed by atoms with van der Waals surface area (Å²) < 4.78 is 33.2. The molecule has 3 rings (SSSR count). The second kappa shape index (κ2) is 10.7. The van der Waals surface area contributed by atoms with Crippen molar-refractivity contribution in [3.8, 4) is 0 Å². The van der Waals surface area contributed by atoms with E-state index in [0.717, 1.165) is 37.5 Å². The van der Waals surface area contributed by atoms with Crippen molar-refractivity contribution in [3.05, 3.63) is 17.5 Å². The Labute approximate surface area is 176 Å². The molecule has 0 unspecified atom stereocenters. The molecule has 2 saturated heterocycles. The number of nitrogens with one attached hydrogen (secondary N) is 1. The Kier molecular flexibility index (Phi) is 9.90. The zero-order chi connectivity index (χ0) is 18.0. The second-order valence-electron chi connectivity index (χ2n) is 6.50. The topological polar surface area (TPSA) is 102 Å². The molecule has 4 atom stereocenters. The van der Waals surface area contributed by atoms with Crippen molar-refractivity contribution in [2.75, 3.05) is 46.4 Å². The SMILES string of the molecule is CN1CCN([C@@H]2[C@H](O)[C@H](CO)O[C@@H]2CNS(=O)(=O)c2cccs2)CC1.Cl.Cl. The smallest absolute Gasteiger partial charge is 0.250 e. The first-order valence-electron chi connectivity index (χ1n) is 8.32. The van der Waals surface area contributed by atoms with Gasteiger partial charge in [-0.15, -0.1) is 36.2 Å². The van der Waals surface area contributed by atoms with Gasteiger partial charge in [0.2, 0.25) is 10.0 Å². The fourth-order valence-electron chi connectivity index (χ4n) is 3.40. The van der Waals surface area contributed by atoms with Gasteiger partial charge in [0.05, 0.1) is 18.8 Å². The van der Waals surface area contributed by atoms with Crippen molar-refractivity contribution in [3.63, 3.8) is 0 Å². The Morgan fingerprint density at radius 3 is 2.48 bits per heavy atom. The molecule has 27 heavy (non-hydrogen) atoms. The van der Waals surface area contributed by atoms with Crippen LogP contribution in [0.1, 0.15) is 0 Å². The molecule has 0 aliphatic carbocycles. The van der Waals surface area contributed by atoms with E-state index in [1.54, 1.807) is 17.5 Å². The molecule has 3 N–H and O–H groups in total. The number of nitrogens with zero attached hydrogens (tertiary/aromatic N) is 2. The number of rotatable bonds is 6. The minimum absolute atomic E-state index is 0. The van der Waals surface area contributed by atoms with Gasteiger partial charge in [0, 0.05) is 32.7 Å². The number of aliphatic hydroxyl groups is 2. The lowest BCUT2D eigenvalue weighted by Crippen LogP contribution is -2.56. The van der Waals surface area contributed by atoms with Crippen LogP contribution in [0.15, 0.2) is 21.7 Å². The highest BCUT2D eigenvalue weighted by Gasteiger charge is 2.46. The molecular weight excluding hydrogens is 437 g/mol. The van der Waals surface area contributed by atoms with Crippen molar-refractivity contribution in [2.24, 2.45) is 0 Å². The van der Waals surface area contributed by atoms with Crippen LogP contribution in [-0.2, 0) is 14.8 Å². The molecule has 0 spiro atoms. The van der Waals surface area contributed by atoms with Gasteiger partial charge < -0.3 is 19.8 Å². The zero-order valence-corrected chi connectivity index (χ0v) is 18.2. The van der Waals surface area contributed by atoms with Gasteiger partial charge in [-0.1, -0.05) is 6.07 Å². The number of aliphatic hydroxyl groups excluding tert-OH is 2. The summed E-state index contributed by atoms with van der Waals surface area (Å²) in [4.78, 5) is 4.33. The van der Waals surface area contributed by atoms with Gasteiger partial charge in [-0.05, 0) is 18.5 Å². The van der Waals surface area contributed by atoms with E-state index in [0.29, 0.717) is 0 Å². The van der Waals surface area contributed by atoms with E-state index in [-0.39, 0.29) is 48.2 Å². The number of thiophene rings is 1. The number of sulfonamides is 1. The molecule has 1 aromatic heterocycles. The van der Waals surface area contributed by atoms with Crippen LogP contribution in [0, 0.1) is 0 Å². The van der Waals surface area contributed by atoms with Crippen molar-refractivity contribution in [1.29, 1.82) is 0 Å². The summed E-state index contributed by atoms with van der Waals surface area (Å²) in [6.45, 7) is 3.06. The largest absolute Gasteiger partial charge is 0.394 e. The van der Waals surface area contributed by atoms with E-state index in [1.807, 2.05) is 7.05 Å². The van der Waals surface area contributed by atoms with E-state index in [2.05, 4.69) is 14.5 Å². The van der Waals surface area contributed by atoms with Crippen LogP contribution < -0.4 is 4.72 Å². The van der Waals surface area contributed by atoms with Crippen molar-refractivity contribution < 1.29 is 23.4 Å². The Morgan fingerprint density at radius 1 is 1.26 bits per heavy atom. The number of halogens is 2. The quantitative estimate of drug-likeness (QED) is 0.527. The highest BCUT2D eigenvalue weighted by atomic mass is 35.5. The van der Waals surface area contributed by atoms with Gasteiger partial charge in [0.25, 0.3) is 0 Å². The summed E-state index contributed by atoms with van der Waals surface area (Å²) in [5, 5.41) is 21.7. The third-order valence-corrected chi connectivity index (χ3v) is 7.66. The van der Waals surface area contributed by atoms with Crippen LogP contribution in [-0.4, -0.2) is 99.2 Å². The van der Waals surface area contributed by atoms with Crippen molar-refractivity contribution in [2.45, 2.75) is 28.6 Å². The third kappa shape index (κ3) is 5.75. The average molecular weight is 464 g/mol. The Morgan fingerprint density at radius 2 is 1.93 bits per heavy atom. The fraction of sp³-hybridized carbons (Fsp3) is 0.733. The summed E-state index contributed by atoms with van der Waals surface area (Å²) in [5.74, 6) is 0. The summed E-state index contributed by atoms with van der Waals surface area (Å²) in [6.07, 6.45) is -2.05. The van der Waals surface area contributed by atoms with E-state index in [1.165, 1.54) is 0 Å². The number of likely N-dealkylation sites (N-methyl/N-ethyl adjacent to an activating group) is 1. The molecule has 1 aromatic rings. The highest BCUT2D eigenvalue weighted by molar-refractivity contribution is 7.91. The lowest BCUT2D eigenvalue weighted by molar-refractivity contribution is -0.0201. The maximum absolute atomic E-state index is 12.3. The molecule has 2 aliphatic rings. The zero-order valence-electron chi connectivity index (χ0n) is 14.9. The van der Waals surface area contributed by atoms with E-state index in [9.17, 15) is 18.6 Å². The van der Waals surface area contributed by atoms with Crippen molar-refractivity contribution in [1.82, 2.24) is 14.5 Å². The van der Waals surface area contributed by atoms with Crippen LogP contribution >= 0.6 is 36.2 Å². The van der Waals surface area contributed by atoms with E-state index in [4.69, 9.17) is 4.74 Å². The fourth-order valence-corrected chi connectivity index (χ4v) is 5.48. The molecule has 0 aromatic carbocycles. The first kappa shape index (κ1) is 25.0. The van der Waals surface area contributed by atoms with Crippen LogP contribution in [0.25, 0.3) is 0 Å². The van der Waals surface area contributed by atoms with Gasteiger partial charge in [-0.2, -0.15) is 0 Å². The predicted octanol–water partition coefficient (Wildman–Crippen LogP) is -0.393. The number of hydrogen-bond donors (Lipinski definition) is 3. The summed E-state index contributed by atoms with van der Waals surface area (Å²) in [6, 6.07) is 2.90. The molecule has 0 bridgehead atoms. The number of ether oxygens (including phenoxy) is 1. The maximum Gasteiger partial charge on any atom is 0.250 e. The van der Waals surface area contributed by atoms with Crippen LogP contribution in [0.3, 0.4) is 0 Å². The first-order chi connectivity index (χ1) is 11.9. The molecule has 158 valence electrons. The summed E-state index contributed by atoms with van der Waals surface area (Å²) in [7, 11) is -1.55. The minimum atomic E-state index is -3.59. The van der Waals surface area contributed by atoms with Crippen LogP contribution in [0.5, 0.6) is 0 Å². The van der Waals surface area contributed by atoms with Crippen LogP contribution in [0.2, 0.25) is 0 Å². The molecule has 0 saturated carbocycles. The molecule has 0 amide bonds. The maximum atomic E-state index is 12.3. The monoisotopic (exact) mass is 463 g/mol. The first-order valence-corrected chi connectivity index (χ1v) is 10.7. The van der Waals surface area contributed by atoms with Gasteiger partial charge in [0.1, 0.15) is 16.4 Å². The van der Waals surface area contributed by atoms with Gasteiger partial charge in [-0.3, -0.25) is 4.90 Å². The standard InChI is InChI=1S/C15H25N3O5S2.2ClH/c1-17-4-6-18(7-5-17)14-11(23-12(10-19)15(14)20)9-16-25(21,22)13-3-2-8-24-13;;/h2-3,8,11-12,14-16,19-20H,4-7,9-10H2,1H3;2*1H/t11-,12+,14+,15-;;/m1../s1. The number of hydrogen-bond acceptors (Lipinski definition) is 8. The van der Waals surface area contributed by atoms with Crippen molar-refractivity contribution >= 4 is 46.2 Å². The molecule has 3 heterocycles.